The summed E-state index contributed by atoms with van der Waals surface area (Å²) in [5.41, 5.74) is -2.57. The molecule has 0 radical (unpaired) electrons. The van der Waals surface area contributed by atoms with Crippen LogP contribution < -0.4 is 5.32 Å². The summed E-state index contributed by atoms with van der Waals surface area (Å²) < 4.78 is 40.8. The Bertz CT molecular complexity index is 898. The highest BCUT2D eigenvalue weighted by Crippen LogP contribution is 2.43. The molecular formula is C19H21F3N4O3S. The summed E-state index contributed by atoms with van der Waals surface area (Å²) in [4.78, 5) is 33.6. The zero-order valence-corrected chi connectivity index (χ0v) is 17.0. The minimum atomic E-state index is -5.04. The van der Waals surface area contributed by atoms with E-state index in [0.717, 1.165) is 0 Å². The second-order valence-electron chi connectivity index (χ2n) is 7.20. The molecule has 7 nitrogen and oxygen atoms in total. The molecule has 30 heavy (non-hydrogen) atoms. The van der Waals surface area contributed by atoms with Crippen LogP contribution in [0.15, 0.2) is 29.9 Å². The van der Waals surface area contributed by atoms with Crippen molar-refractivity contribution in [2.45, 2.75) is 44.0 Å². The topological polar surface area (TPSA) is 95.4 Å². The Labute approximate surface area is 175 Å². The molecule has 1 unspecified atom stereocenters. The number of carbonyl (C=O) groups is 2. The van der Waals surface area contributed by atoms with Gasteiger partial charge in [0.2, 0.25) is 11.5 Å². The van der Waals surface area contributed by atoms with E-state index in [1.54, 1.807) is 18.3 Å². The number of nitrogens with one attached hydrogen (secondary N) is 1. The van der Waals surface area contributed by atoms with E-state index in [1.807, 2.05) is 0 Å². The maximum absolute atomic E-state index is 13.6. The van der Waals surface area contributed by atoms with Crippen LogP contribution in [-0.4, -0.2) is 57.1 Å². The van der Waals surface area contributed by atoms with Gasteiger partial charge in [0.05, 0.1) is 12.0 Å². The summed E-state index contributed by atoms with van der Waals surface area (Å²) in [6, 6.07) is 3.06. The zero-order valence-electron chi connectivity index (χ0n) is 16.1. The van der Waals surface area contributed by atoms with E-state index in [2.05, 4.69) is 15.3 Å². The molecule has 0 aliphatic carbocycles. The molecule has 2 aromatic rings. The lowest BCUT2D eigenvalue weighted by Gasteiger charge is -2.35. The Hall–Kier alpha value is -2.53. The first-order valence-electron chi connectivity index (χ1n) is 9.30. The van der Waals surface area contributed by atoms with Gasteiger partial charge in [-0.05, 0) is 31.9 Å². The van der Waals surface area contributed by atoms with Crippen LogP contribution in [-0.2, 0) is 10.4 Å². The molecule has 1 aliphatic rings. The van der Waals surface area contributed by atoms with Crippen molar-refractivity contribution in [1.82, 2.24) is 20.2 Å². The summed E-state index contributed by atoms with van der Waals surface area (Å²) in [7, 11) is 0. The number of aromatic nitrogens is 2. The molecule has 1 fully saturated rings. The van der Waals surface area contributed by atoms with E-state index < -0.39 is 29.1 Å². The quantitative estimate of drug-likeness (QED) is 0.742. The van der Waals surface area contributed by atoms with Gasteiger partial charge in [-0.1, -0.05) is 0 Å². The second-order valence-corrected chi connectivity index (χ2v) is 8.06. The standard InChI is InChI=1S/C19H21F3N4O3S/c1-12-11-30-17(24-12)18(29,19(20,21)22)9-15(27)26-7-4-14(5-8-26)25-16(28)13-3-2-6-23-10-13/h2-3,6,10-11,14,29H,4-5,7-9H2,1H3,(H,25,28). The number of aryl methyl sites for hydroxylation is 1. The van der Waals surface area contributed by atoms with Gasteiger partial charge in [0.1, 0.15) is 5.01 Å². The van der Waals surface area contributed by atoms with Gasteiger partial charge in [-0.3, -0.25) is 14.6 Å². The fourth-order valence-corrected chi connectivity index (χ4v) is 4.13. The Morgan fingerprint density at radius 2 is 2.03 bits per heavy atom. The van der Waals surface area contributed by atoms with E-state index in [4.69, 9.17) is 0 Å². The molecule has 2 aromatic heterocycles. The molecule has 3 rings (SSSR count). The van der Waals surface area contributed by atoms with Crippen LogP contribution in [0.3, 0.4) is 0 Å². The molecule has 2 N–H and O–H groups in total. The van der Waals surface area contributed by atoms with Crippen molar-refractivity contribution in [3.63, 3.8) is 0 Å². The number of rotatable bonds is 5. The average molecular weight is 442 g/mol. The highest BCUT2D eigenvalue weighted by Gasteiger charge is 2.58. The third-order valence-corrected chi connectivity index (χ3v) is 6.07. The van der Waals surface area contributed by atoms with E-state index in [1.165, 1.54) is 23.4 Å². The van der Waals surface area contributed by atoms with Crippen molar-refractivity contribution in [3.05, 3.63) is 46.2 Å². The zero-order chi connectivity index (χ0) is 21.9. The molecule has 0 saturated carbocycles. The summed E-state index contributed by atoms with van der Waals surface area (Å²) >= 11 is 0.673. The van der Waals surface area contributed by atoms with Crippen molar-refractivity contribution < 1.29 is 27.9 Å². The van der Waals surface area contributed by atoms with Crippen LogP contribution in [0.5, 0.6) is 0 Å². The Balaban J connectivity index is 1.60. The van der Waals surface area contributed by atoms with Gasteiger partial charge in [0, 0.05) is 42.6 Å². The Morgan fingerprint density at radius 3 is 2.57 bits per heavy atom. The molecule has 11 heteroatoms. The van der Waals surface area contributed by atoms with Crippen molar-refractivity contribution in [2.75, 3.05) is 13.1 Å². The summed E-state index contributed by atoms with van der Waals surface area (Å²) in [5.74, 6) is -1.10. The first-order valence-corrected chi connectivity index (χ1v) is 10.2. The molecule has 2 amide bonds. The number of hydrogen-bond acceptors (Lipinski definition) is 6. The van der Waals surface area contributed by atoms with Gasteiger partial charge in [-0.15, -0.1) is 11.3 Å². The fourth-order valence-electron chi connectivity index (χ4n) is 3.21. The van der Waals surface area contributed by atoms with E-state index in [-0.39, 0.29) is 25.0 Å². The van der Waals surface area contributed by atoms with Crippen molar-refractivity contribution >= 4 is 23.2 Å². The first kappa shape index (κ1) is 22.2. The maximum Gasteiger partial charge on any atom is 0.424 e. The normalized spacial score (nSPS) is 17.4. The molecule has 1 saturated heterocycles. The molecule has 0 bridgehead atoms. The van der Waals surface area contributed by atoms with Gasteiger partial charge in [-0.25, -0.2) is 4.98 Å². The third-order valence-electron chi connectivity index (χ3n) is 4.96. The number of amides is 2. The number of thiazole rings is 1. The largest absolute Gasteiger partial charge is 0.424 e. The van der Waals surface area contributed by atoms with E-state index >= 15 is 0 Å². The number of aliphatic hydroxyl groups is 1. The van der Waals surface area contributed by atoms with Crippen LogP contribution in [0, 0.1) is 6.92 Å². The van der Waals surface area contributed by atoms with Gasteiger partial charge in [0.15, 0.2) is 0 Å². The van der Waals surface area contributed by atoms with Crippen molar-refractivity contribution in [2.24, 2.45) is 0 Å². The Morgan fingerprint density at radius 1 is 1.33 bits per heavy atom. The van der Waals surface area contributed by atoms with Gasteiger partial charge >= 0.3 is 6.18 Å². The maximum atomic E-state index is 13.6. The minimum absolute atomic E-state index is 0.182. The van der Waals surface area contributed by atoms with E-state index in [9.17, 15) is 27.9 Å². The number of pyridine rings is 1. The number of hydrogen-bond donors (Lipinski definition) is 2. The molecule has 1 atom stereocenters. The van der Waals surface area contributed by atoms with Crippen LogP contribution >= 0.6 is 11.3 Å². The van der Waals surface area contributed by atoms with Crippen LogP contribution in [0.1, 0.15) is 40.3 Å². The summed E-state index contributed by atoms with van der Waals surface area (Å²) in [6.45, 7) is 1.88. The lowest BCUT2D eigenvalue weighted by molar-refractivity contribution is -0.268. The van der Waals surface area contributed by atoms with Gasteiger partial charge in [0.25, 0.3) is 5.91 Å². The lowest BCUT2D eigenvalue weighted by atomic mass is 9.97. The summed E-state index contributed by atoms with van der Waals surface area (Å²) in [5, 5.41) is 14.0. The SMILES string of the molecule is Cc1csc(C(O)(CC(=O)N2CCC(NC(=O)c3cccnc3)CC2)C(F)(F)F)n1. The van der Waals surface area contributed by atoms with Gasteiger partial charge < -0.3 is 15.3 Å². The first-order chi connectivity index (χ1) is 14.1. The molecule has 0 aromatic carbocycles. The number of likely N-dealkylation sites (tertiary alicyclic amines) is 1. The molecule has 162 valence electrons. The highest BCUT2D eigenvalue weighted by molar-refractivity contribution is 7.09. The number of piperidine rings is 1. The lowest BCUT2D eigenvalue weighted by Crippen LogP contribution is -2.50. The van der Waals surface area contributed by atoms with Crippen molar-refractivity contribution in [3.8, 4) is 0 Å². The minimum Gasteiger partial charge on any atom is -0.374 e. The third kappa shape index (κ3) is 4.78. The number of nitrogens with zero attached hydrogens (tertiary/aromatic N) is 3. The average Bonchev–Trinajstić information content (AvgIpc) is 3.15. The summed E-state index contributed by atoms with van der Waals surface area (Å²) in [6.07, 6.45) is -2.38. The fraction of sp³-hybridized carbons (Fsp3) is 0.474. The predicted molar refractivity (Wildman–Crippen MR) is 103 cm³/mol. The number of alkyl halides is 3. The van der Waals surface area contributed by atoms with Crippen LogP contribution in [0.25, 0.3) is 0 Å². The van der Waals surface area contributed by atoms with Crippen molar-refractivity contribution in [1.29, 1.82) is 0 Å². The molecular weight excluding hydrogens is 421 g/mol. The highest BCUT2D eigenvalue weighted by atomic mass is 32.1. The van der Waals surface area contributed by atoms with E-state index in [0.29, 0.717) is 35.4 Å². The number of halogens is 3. The Kier molecular flexibility index (Phi) is 6.41. The second kappa shape index (κ2) is 8.68. The van der Waals surface area contributed by atoms with Crippen LogP contribution in [0.4, 0.5) is 13.2 Å². The van der Waals surface area contributed by atoms with Gasteiger partial charge in [-0.2, -0.15) is 13.2 Å². The molecule has 0 spiro atoms. The van der Waals surface area contributed by atoms with Crippen LogP contribution in [0.2, 0.25) is 0 Å². The molecule has 3 heterocycles. The molecule has 1 aliphatic heterocycles. The number of carbonyl (C=O) groups excluding carboxylic acids is 2. The smallest absolute Gasteiger partial charge is 0.374 e. The monoisotopic (exact) mass is 442 g/mol. The predicted octanol–water partition coefficient (Wildman–Crippen LogP) is 2.41.